The molecular weight excluding hydrogens is 460 g/mol. The van der Waals surface area contributed by atoms with Crippen LogP contribution in [0.5, 0.6) is 0 Å². The van der Waals surface area contributed by atoms with Crippen LogP contribution in [0.25, 0.3) is 33.0 Å². The first-order chi connectivity index (χ1) is 16.3. The van der Waals surface area contributed by atoms with E-state index in [4.69, 9.17) is 11.1 Å². The largest absolute Gasteiger partial charge is 0.379 e. The van der Waals surface area contributed by atoms with Gasteiger partial charge < -0.3 is 15.3 Å². The SMILES string of the molecule is N=C(N)SCCCn1cc(C2=C(c3c[nH]c4ccc(F)cc34)C(=O)NC2=O)c2cc(F)ccc21. The van der Waals surface area contributed by atoms with Crippen molar-refractivity contribution in [1.82, 2.24) is 14.9 Å². The van der Waals surface area contributed by atoms with Crippen molar-refractivity contribution in [1.29, 1.82) is 5.41 Å². The van der Waals surface area contributed by atoms with E-state index in [0.29, 0.717) is 51.7 Å². The van der Waals surface area contributed by atoms with E-state index in [1.54, 1.807) is 24.5 Å². The summed E-state index contributed by atoms with van der Waals surface area (Å²) >= 11 is 1.23. The maximum atomic E-state index is 14.2. The van der Waals surface area contributed by atoms with Gasteiger partial charge in [-0.2, -0.15) is 0 Å². The predicted molar refractivity (Wildman–Crippen MR) is 129 cm³/mol. The van der Waals surface area contributed by atoms with Crippen molar-refractivity contribution in [2.75, 3.05) is 5.75 Å². The number of hydrogen-bond donors (Lipinski definition) is 4. The lowest BCUT2D eigenvalue weighted by molar-refractivity contribution is -0.122. The molecule has 172 valence electrons. The van der Waals surface area contributed by atoms with Crippen molar-refractivity contribution < 1.29 is 18.4 Å². The Balaban J connectivity index is 1.68. The third-order valence-corrected chi connectivity index (χ3v) is 6.56. The number of thioether (sulfide) groups is 1. The molecule has 10 heteroatoms. The van der Waals surface area contributed by atoms with Crippen LogP contribution in [0.2, 0.25) is 0 Å². The van der Waals surface area contributed by atoms with Gasteiger partial charge in [0.05, 0.1) is 11.1 Å². The van der Waals surface area contributed by atoms with Gasteiger partial charge >= 0.3 is 0 Å². The summed E-state index contributed by atoms with van der Waals surface area (Å²) in [5.74, 6) is -1.51. The number of nitrogens with zero attached hydrogens (tertiary/aromatic N) is 1. The van der Waals surface area contributed by atoms with Crippen LogP contribution in [0.1, 0.15) is 17.5 Å². The number of aromatic amines is 1. The number of hydrogen-bond acceptors (Lipinski definition) is 4. The number of carbonyl (C=O) groups is 2. The highest BCUT2D eigenvalue weighted by atomic mass is 32.2. The third-order valence-electron chi connectivity index (χ3n) is 5.76. The van der Waals surface area contributed by atoms with Gasteiger partial charge in [0.1, 0.15) is 11.6 Å². The van der Waals surface area contributed by atoms with Gasteiger partial charge in [0.2, 0.25) is 0 Å². The van der Waals surface area contributed by atoms with Gasteiger partial charge in [-0.05, 0) is 42.8 Å². The molecule has 0 fully saturated rings. The monoisotopic (exact) mass is 479 g/mol. The van der Waals surface area contributed by atoms with Crippen LogP contribution in [0.4, 0.5) is 8.78 Å². The molecule has 3 heterocycles. The average molecular weight is 480 g/mol. The Morgan fingerprint density at radius 3 is 2.41 bits per heavy atom. The van der Waals surface area contributed by atoms with Gasteiger partial charge in [0.25, 0.3) is 11.8 Å². The van der Waals surface area contributed by atoms with E-state index in [0.717, 1.165) is 0 Å². The number of imide groups is 1. The van der Waals surface area contributed by atoms with Gasteiger partial charge in [-0.3, -0.25) is 20.3 Å². The second-order valence-electron chi connectivity index (χ2n) is 7.89. The normalized spacial score (nSPS) is 13.9. The van der Waals surface area contributed by atoms with Crippen molar-refractivity contribution in [3.05, 3.63) is 71.6 Å². The van der Waals surface area contributed by atoms with Crippen LogP contribution in [-0.4, -0.2) is 32.3 Å². The lowest BCUT2D eigenvalue weighted by Gasteiger charge is -2.04. The van der Waals surface area contributed by atoms with E-state index < -0.39 is 23.4 Å². The van der Waals surface area contributed by atoms with Crippen LogP contribution in [0, 0.1) is 17.0 Å². The molecule has 0 spiro atoms. The van der Waals surface area contributed by atoms with E-state index in [-0.39, 0.29) is 16.3 Å². The number of nitrogens with two attached hydrogens (primary N) is 1. The van der Waals surface area contributed by atoms with Crippen molar-refractivity contribution in [3.8, 4) is 0 Å². The van der Waals surface area contributed by atoms with Crippen molar-refractivity contribution in [2.24, 2.45) is 5.73 Å². The number of H-pyrrole nitrogens is 1. The molecule has 7 nitrogen and oxygen atoms in total. The molecule has 0 bridgehead atoms. The van der Waals surface area contributed by atoms with Gasteiger partial charge in [0, 0.05) is 57.6 Å². The van der Waals surface area contributed by atoms with Crippen molar-refractivity contribution >= 4 is 61.7 Å². The Hall–Kier alpha value is -3.92. The molecule has 0 atom stereocenters. The Morgan fingerprint density at radius 1 is 1.00 bits per heavy atom. The molecule has 34 heavy (non-hydrogen) atoms. The molecule has 5 rings (SSSR count). The van der Waals surface area contributed by atoms with Gasteiger partial charge in [-0.1, -0.05) is 11.8 Å². The minimum Gasteiger partial charge on any atom is -0.379 e. The highest BCUT2D eigenvalue weighted by Gasteiger charge is 2.35. The number of rotatable bonds is 6. The molecule has 2 amide bonds. The lowest BCUT2D eigenvalue weighted by Crippen LogP contribution is -2.22. The fraction of sp³-hybridized carbons (Fsp3) is 0.125. The maximum Gasteiger partial charge on any atom is 0.259 e. The molecule has 0 radical (unpaired) electrons. The molecular formula is C24H19F2N5O2S. The van der Waals surface area contributed by atoms with E-state index in [2.05, 4.69) is 10.3 Å². The first-order valence-electron chi connectivity index (χ1n) is 10.5. The smallest absolute Gasteiger partial charge is 0.259 e. The summed E-state index contributed by atoms with van der Waals surface area (Å²) in [6, 6.07) is 8.47. The van der Waals surface area contributed by atoms with Gasteiger partial charge in [0.15, 0.2) is 5.17 Å². The number of aromatic nitrogens is 2. The first kappa shape index (κ1) is 21.9. The molecule has 2 aromatic carbocycles. The Kier molecular flexibility index (Phi) is 5.45. The number of amides is 2. The summed E-state index contributed by atoms with van der Waals surface area (Å²) in [5.41, 5.74) is 7.74. The van der Waals surface area contributed by atoms with E-state index >= 15 is 0 Å². The quantitative estimate of drug-likeness (QED) is 0.145. The van der Waals surface area contributed by atoms with Gasteiger partial charge in [-0.15, -0.1) is 0 Å². The molecule has 0 aliphatic carbocycles. The topological polar surface area (TPSA) is 117 Å². The second-order valence-corrected chi connectivity index (χ2v) is 9.03. The number of fused-ring (bicyclic) bond motifs is 2. The minimum absolute atomic E-state index is 0.0335. The third kappa shape index (κ3) is 3.75. The molecule has 0 saturated carbocycles. The van der Waals surface area contributed by atoms with E-state index in [9.17, 15) is 18.4 Å². The average Bonchev–Trinajstić information content (AvgIpc) is 3.43. The summed E-state index contributed by atoms with van der Waals surface area (Å²) < 4.78 is 30.1. The lowest BCUT2D eigenvalue weighted by atomic mass is 9.95. The number of nitrogens with one attached hydrogen (secondary N) is 3. The van der Waals surface area contributed by atoms with E-state index in [1.807, 2.05) is 4.57 Å². The zero-order valence-corrected chi connectivity index (χ0v) is 18.6. The summed E-state index contributed by atoms with van der Waals surface area (Å²) in [6.45, 7) is 0.541. The Morgan fingerprint density at radius 2 is 1.68 bits per heavy atom. The Bertz CT molecular complexity index is 1540. The summed E-state index contributed by atoms with van der Waals surface area (Å²) in [5, 5.41) is 10.7. The van der Waals surface area contributed by atoms with Crippen LogP contribution in [0.15, 0.2) is 48.8 Å². The molecule has 5 N–H and O–H groups in total. The zero-order valence-electron chi connectivity index (χ0n) is 17.7. The van der Waals surface area contributed by atoms with E-state index in [1.165, 1.54) is 36.0 Å². The number of aryl methyl sites for hydroxylation is 1. The first-order valence-corrected chi connectivity index (χ1v) is 11.4. The van der Waals surface area contributed by atoms with Crippen molar-refractivity contribution in [3.63, 3.8) is 0 Å². The van der Waals surface area contributed by atoms with Crippen LogP contribution < -0.4 is 11.1 Å². The summed E-state index contributed by atoms with van der Waals surface area (Å²) in [7, 11) is 0. The highest BCUT2D eigenvalue weighted by Crippen LogP contribution is 2.38. The summed E-state index contributed by atoms with van der Waals surface area (Å²) in [6.07, 6.45) is 3.98. The molecule has 0 saturated heterocycles. The number of benzene rings is 2. The predicted octanol–water partition coefficient (Wildman–Crippen LogP) is 3.98. The number of amidine groups is 1. The van der Waals surface area contributed by atoms with Crippen molar-refractivity contribution in [2.45, 2.75) is 13.0 Å². The molecule has 0 unspecified atom stereocenters. The standard InChI is InChI=1S/C24H19F2N5O2S/c25-12-2-4-18-14(8-12)16(10-29-18)20-21(23(33)30-22(20)32)17-11-31(6-1-7-34-24(27)28)19-5-3-13(26)9-15(17)19/h2-5,8-11,29H,1,6-7H2,(H3,27,28)(H,30,32,33). The van der Waals surface area contributed by atoms with Crippen LogP contribution in [0.3, 0.4) is 0 Å². The fourth-order valence-corrected chi connectivity index (χ4v) is 4.83. The fourth-order valence-electron chi connectivity index (χ4n) is 4.34. The molecule has 2 aromatic heterocycles. The van der Waals surface area contributed by atoms with Crippen LogP contribution >= 0.6 is 11.8 Å². The number of halogens is 2. The van der Waals surface area contributed by atoms with Gasteiger partial charge in [-0.25, -0.2) is 8.78 Å². The molecule has 1 aliphatic heterocycles. The van der Waals surface area contributed by atoms with Crippen LogP contribution in [-0.2, 0) is 16.1 Å². The maximum absolute atomic E-state index is 14.2. The summed E-state index contributed by atoms with van der Waals surface area (Å²) in [4.78, 5) is 28.8. The Labute approximate surface area is 196 Å². The number of carbonyl (C=O) groups excluding carboxylic acids is 2. The highest BCUT2D eigenvalue weighted by molar-refractivity contribution is 8.13. The second kappa shape index (κ2) is 8.45. The minimum atomic E-state index is -0.597. The molecule has 4 aromatic rings. The molecule has 1 aliphatic rings. The zero-order chi connectivity index (χ0) is 24.0.